The predicted molar refractivity (Wildman–Crippen MR) is 187 cm³/mol. The van der Waals surface area contributed by atoms with Crippen LogP contribution in [0.5, 0.6) is 0 Å². The molecule has 3 aliphatic heterocycles. The molecule has 0 unspecified atom stereocenters. The van der Waals surface area contributed by atoms with Gasteiger partial charge in [0.25, 0.3) is 0 Å². The fourth-order valence-corrected chi connectivity index (χ4v) is 7.05. The van der Waals surface area contributed by atoms with Crippen LogP contribution >= 0.6 is 23.2 Å². The van der Waals surface area contributed by atoms with Crippen molar-refractivity contribution < 1.29 is 9.59 Å². The summed E-state index contributed by atoms with van der Waals surface area (Å²) in [6.45, 7) is 11.9. The van der Waals surface area contributed by atoms with Crippen LogP contribution in [0.25, 0.3) is 0 Å². The number of fused-ring (bicyclic) bond motifs is 1. The van der Waals surface area contributed by atoms with Crippen molar-refractivity contribution in [3.63, 3.8) is 0 Å². The summed E-state index contributed by atoms with van der Waals surface area (Å²) in [5, 5.41) is 1.17. The standard InChI is InChI=1S/C38H34Cl2N4O2/c1-22-7-16-27(17-8-22)42-33(37(3,4)35(42)45)32-31(41-26-14-11-24(39)12-15-26)29-21-25(40)13-20-30(29)44(32)34-38(5,6)36(46)43(34)28-18-9-23(2)10-19-28/h7-21,34H,1-6H3/b33-32-,41-31?/t34-/m0/s1. The minimum atomic E-state index is -0.850. The van der Waals surface area contributed by atoms with Crippen LogP contribution in [-0.2, 0) is 9.59 Å². The average Bonchev–Trinajstić information content (AvgIpc) is 3.31. The number of carbonyl (C=O) groups is 2. The van der Waals surface area contributed by atoms with E-state index in [0.29, 0.717) is 21.4 Å². The molecule has 2 amide bonds. The van der Waals surface area contributed by atoms with Crippen molar-refractivity contribution in [2.45, 2.75) is 47.7 Å². The summed E-state index contributed by atoms with van der Waals surface area (Å²) in [5.41, 5.74) is 6.80. The molecule has 4 aromatic carbocycles. The number of carbonyl (C=O) groups excluding carboxylic acids is 2. The van der Waals surface area contributed by atoms with Gasteiger partial charge in [0, 0.05) is 27.0 Å². The first kappa shape index (κ1) is 30.3. The van der Waals surface area contributed by atoms with Crippen LogP contribution in [0.1, 0.15) is 44.4 Å². The van der Waals surface area contributed by atoms with E-state index in [1.165, 1.54) is 0 Å². The molecule has 0 aromatic heterocycles. The average molecular weight is 650 g/mol. The van der Waals surface area contributed by atoms with E-state index >= 15 is 0 Å². The summed E-state index contributed by atoms with van der Waals surface area (Å²) in [6, 6.07) is 29.1. The smallest absolute Gasteiger partial charge is 0.243 e. The highest BCUT2D eigenvalue weighted by Crippen LogP contribution is 2.55. The van der Waals surface area contributed by atoms with Gasteiger partial charge >= 0.3 is 0 Å². The second-order valence-corrected chi connectivity index (χ2v) is 14.2. The van der Waals surface area contributed by atoms with E-state index in [1.54, 1.807) is 4.90 Å². The number of aliphatic imine (C=N–C) groups is 1. The van der Waals surface area contributed by atoms with Crippen molar-refractivity contribution in [2.75, 3.05) is 14.7 Å². The maximum atomic E-state index is 14.0. The normalized spacial score (nSPS) is 22.2. The molecule has 0 spiro atoms. The molecule has 2 fully saturated rings. The van der Waals surface area contributed by atoms with E-state index < -0.39 is 17.0 Å². The largest absolute Gasteiger partial charge is 0.315 e. The van der Waals surface area contributed by atoms with Crippen molar-refractivity contribution in [1.82, 2.24) is 0 Å². The number of hydrogen-bond donors (Lipinski definition) is 0. The molecule has 0 aliphatic carbocycles. The van der Waals surface area contributed by atoms with Gasteiger partial charge in [0.15, 0.2) is 0 Å². The maximum Gasteiger partial charge on any atom is 0.243 e. The van der Waals surface area contributed by atoms with Crippen LogP contribution < -0.4 is 14.7 Å². The minimum absolute atomic E-state index is 0.0158. The van der Waals surface area contributed by atoms with E-state index in [1.807, 2.05) is 137 Å². The fraction of sp³-hybridized carbons (Fsp3) is 0.237. The minimum Gasteiger partial charge on any atom is -0.315 e. The molecular formula is C38H34Cl2N4O2. The van der Waals surface area contributed by atoms with Crippen molar-refractivity contribution >= 4 is 63.5 Å². The highest BCUT2D eigenvalue weighted by Gasteiger charge is 2.62. The summed E-state index contributed by atoms with van der Waals surface area (Å²) in [5.74, 6) is 0.00150. The van der Waals surface area contributed by atoms with Gasteiger partial charge < -0.3 is 4.90 Å². The number of allylic oxidation sites excluding steroid dienone is 1. The Morgan fingerprint density at radius 1 is 0.674 bits per heavy atom. The number of nitrogens with zero attached hydrogens (tertiary/aromatic N) is 4. The lowest BCUT2D eigenvalue weighted by Gasteiger charge is -2.58. The van der Waals surface area contributed by atoms with Crippen LogP contribution in [-0.4, -0.2) is 23.7 Å². The highest BCUT2D eigenvalue weighted by atomic mass is 35.5. The van der Waals surface area contributed by atoms with E-state index in [4.69, 9.17) is 28.2 Å². The van der Waals surface area contributed by atoms with Crippen molar-refractivity contribution in [2.24, 2.45) is 15.8 Å². The van der Waals surface area contributed by atoms with E-state index in [0.717, 1.165) is 45.1 Å². The Bertz CT molecular complexity index is 1980. The zero-order chi connectivity index (χ0) is 32.7. The van der Waals surface area contributed by atoms with Gasteiger partial charge in [-0.2, -0.15) is 0 Å². The van der Waals surface area contributed by atoms with Gasteiger partial charge in [-0.1, -0.05) is 58.6 Å². The number of β-lactam (4-membered cyclic amide) rings is 2. The number of anilines is 3. The van der Waals surface area contributed by atoms with Crippen LogP contribution in [0.3, 0.4) is 0 Å². The van der Waals surface area contributed by atoms with E-state index in [2.05, 4.69) is 4.90 Å². The molecule has 1 atom stereocenters. The molecule has 0 bridgehead atoms. The Morgan fingerprint density at radius 2 is 1.24 bits per heavy atom. The second-order valence-electron chi connectivity index (χ2n) is 13.4. The third kappa shape index (κ3) is 4.50. The van der Waals surface area contributed by atoms with Gasteiger partial charge in [0.05, 0.1) is 39.3 Å². The fourth-order valence-electron chi connectivity index (χ4n) is 6.75. The lowest BCUT2D eigenvalue weighted by Crippen LogP contribution is -2.73. The first-order chi connectivity index (χ1) is 21.8. The quantitative estimate of drug-likeness (QED) is 0.207. The summed E-state index contributed by atoms with van der Waals surface area (Å²) in [6.07, 6.45) is -0.422. The lowest BCUT2D eigenvalue weighted by atomic mass is 9.74. The number of benzene rings is 4. The van der Waals surface area contributed by atoms with Crippen molar-refractivity contribution in [3.05, 3.63) is 129 Å². The topological polar surface area (TPSA) is 56.2 Å². The molecule has 4 aromatic rings. The maximum absolute atomic E-state index is 14.0. The van der Waals surface area contributed by atoms with Gasteiger partial charge in [-0.25, -0.2) is 4.99 Å². The van der Waals surface area contributed by atoms with Gasteiger partial charge in [0.1, 0.15) is 6.17 Å². The zero-order valence-electron chi connectivity index (χ0n) is 26.6. The summed E-state index contributed by atoms with van der Waals surface area (Å²) < 4.78 is 0. The second kappa shape index (κ2) is 10.6. The number of hydrogen-bond acceptors (Lipinski definition) is 4. The SMILES string of the molecule is Cc1ccc(N2C(=O)C(C)(C)/C2=C2\C(=Nc3ccc(Cl)cc3)c3cc(Cl)ccc3N2[C@@H]2N(c3ccc(C)cc3)C(=O)C2(C)C)cc1. The zero-order valence-corrected chi connectivity index (χ0v) is 28.1. The van der Waals surface area contributed by atoms with E-state index in [9.17, 15) is 9.59 Å². The molecule has 0 saturated carbocycles. The van der Waals surface area contributed by atoms with Crippen LogP contribution in [0, 0.1) is 24.7 Å². The Kier molecular flexibility index (Phi) is 6.96. The van der Waals surface area contributed by atoms with E-state index in [-0.39, 0.29) is 11.8 Å². The Balaban J connectivity index is 1.54. The van der Waals surface area contributed by atoms with Crippen LogP contribution in [0.4, 0.5) is 22.7 Å². The van der Waals surface area contributed by atoms with Crippen molar-refractivity contribution in [1.29, 1.82) is 0 Å². The van der Waals surface area contributed by atoms with Crippen LogP contribution in [0.2, 0.25) is 10.0 Å². The summed E-state index contributed by atoms with van der Waals surface area (Å²) in [4.78, 5) is 38.9. The number of amides is 2. The molecule has 0 radical (unpaired) electrons. The van der Waals surface area contributed by atoms with Crippen molar-refractivity contribution in [3.8, 4) is 0 Å². The third-order valence-corrected chi connectivity index (χ3v) is 9.78. The van der Waals surface area contributed by atoms with Gasteiger partial charge in [-0.15, -0.1) is 0 Å². The summed E-state index contributed by atoms with van der Waals surface area (Å²) >= 11 is 12.9. The highest BCUT2D eigenvalue weighted by molar-refractivity contribution is 6.33. The Hall–Kier alpha value is -4.39. The molecule has 3 heterocycles. The number of rotatable bonds is 4. The van der Waals surface area contributed by atoms with Gasteiger partial charge in [-0.3, -0.25) is 19.4 Å². The molecule has 46 heavy (non-hydrogen) atoms. The Labute approximate surface area is 279 Å². The van der Waals surface area contributed by atoms with Gasteiger partial charge in [-0.05, 0) is 108 Å². The Morgan fingerprint density at radius 3 is 1.85 bits per heavy atom. The first-order valence-corrected chi connectivity index (χ1v) is 16.1. The number of halogens is 2. The third-order valence-electron chi connectivity index (χ3n) is 9.29. The molecule has 232 valence electrons. The number of aryl methyl sites for hydroxylation is 2. The van der Waals surface area contributed by atoms with Crippen LogP contribution in [0.15, 0.2) is 107 Å². The first-order valence-electron chi connectivity index (χ1n) is 15.3. The predicted octanol–water partition coefficient (Wildman–Crippen LogP) is 9.23. The monoisotopic (exact) mass is 648 g/mol. The molecule has 8 heteroatoms. The van der Waals surface area contributed by atoms with Gasteiger partial charge in [0.2, 0.25) is 11.8 Å². The molecule has 6 nitrogen and oxygen atoms in total. The summed E-state index contributed by atoms with van der Waals surface area (Å²) in [7, 11) is 0. The molecule has 2 saturated heterocycles. The molecule has 7 rings (SSSR count). The molecule has 0 N–H and O–H groups in total. The molecule has 3 aliphatic rings. The molecular weight excluding hydrogens is 615 g/mol. The lowest BCUT2D eigenvalue weighted by molar-refractivity contribution is -0.137.